The predicted octanol–water partition coefficient (Wildman–Crippen LogP) is 2.71. The number of nitrogens with one attached hydrogen (secondary N) is 1. The highest BCUT2D eigenvalue weighted by Crippen LogP contribution is 2.32. The lowest BCUT2D eigenvalue weighted by atomic mass is 10.2. The average molecular weight is 215 g/mol. The van der Waals surface area contributed by atoms with E-state index >= 15 is 0 Å². The van der Waals surface area contributed by atoms with E-state index < -0.39 is 0 Å². The van der Waals surface area contributed by atoms with Crippen molar-refractivity contribution >= 4 is 5.69 Å². The van der Waals surface area contributed by atoms with E-state index in [1.807, 2.05) is 30.3 Å². The molecule has 0 radical (unpaired) electrons. The van der Waals surface area contributed by atoms with Gasteiger partial charge < -0.3 is 15.5 Å². The summed E-state index contributed by atoms with van der Waals surface area (Å²) >= 11 is 0. The Morgan fingerprint density at radius 3 is 2.38 bits per heavy atom. The molecule has 0 aliphatic carbocycles. The molecule has 0 aromatic heterocycles. The van der Waals surface area contributed by atoms with Crippen LogP contribution in [0.25, 0.3) is 0 Å². The van der Waals surface area contributed by atoms with Crippen molar-refractivity contribution in [2.75, 3.05) is 5.32 Å². The van der Waals surface area contributed by atoms with Gasteiger partial charge in [-0.25, -0.2) is 0 Å². The van der Waals surface area contributed by atoms with Crippen LogP contribution in [0.3, 0.4) is 0 Å². The number of aromatic hydroxyl groups is 2. The van der Waals surface area contributed by atoms with Crippen LogP contribution in [0.1, 0.15) is 5.56 Å². The van der Waals surface area contributed by atoms with Gasteiger partial charge in [0, 0.05) is 6.54 Å². The van der Waals surface area contributed by atoms with Crippen molar-refractivity contribution in [3.8, 4) is 11.5 Å². The molecule has 0 bridgehead atoms. The van der Waals surface area contributed by atoms with Crippen LogP contribution in [0.2, 0.25) is 0 Å². The fourth-order valence-electron chi connectivity index (χ4n) is 1.47. The van der Waals surface area contributed by atoms with Gasteiger partial charge in [-0.1, -0.05) is 36.4 Å². The minimum Gasteiger partial charge on any atom is -0.504 e. The third-order valence-electron chi connectivity index (χ3n) is 2.34. The third-order valence-corrected chi connectivity index (χ3v) is 2.34. The number of anilines is 1. The molecule has 0 unspecified atom stereocenters. The molecule has 2 aromatic rings. The van der Waals surface area contributed by atoms with Crippen molar-refractivity contribution in [2.24, 2.45) is 0 Å². The number of rotatable bonds is 3. The maximum Gasteiger partial charge on any atom is 0.181 e. The Morgan fingerprint density at radius 1 is 0.875 bits per heavy atom. The summed E-state index contributed by atoms with van der Waals surface area (Å²) in [6.45, 7) is 0.609. The molecular weight excluding hydrogens is 202 g/mol. The third kappa shape index (κ3) is 2.25. The molecule has 0 heterocycles. The average Bonchev–Trinajstić information content (AvgIpc) is 2.32. The van der Waals surface area contributed by atoms with Crippen molar-refractivity contribution in [1.29, 1.82) is 0 Å². The molecule has 0 aliphatic rings. The van der Waals surface area contributed by atoms with Crippen molar-refractivity contribution in [3.05, 3.63) is 54.1 Å². The lowest BCUT2D eigenvalue weighted by Crippen LogP contribution is -1.99. The first-order valence-corrected chi connectivity index (χ1v) is 5.06. The first-order chi connectivity index (χ1) is 7.77. The highest BCUT2D eigenvalue weighted by atomic mass is 16.3. The van der Waals surface area contributed by atoms with Gasteiger partial charge in [0.2, 0.25) is 0 Å². The molecule has 0 amide bonds. The quantitative estimate of drug-likeness (QED) is 0.690. The summed E-state index contributed by atoms with van der Waals surface area (Å²) in [6, 6.07) is 14.7. The SMILES string of the molecule is Oc1cccc(NCc2ccccc2)c1O. The van der Waals surface area contributed by atoms with Crippen molar-refractivity contribution in [3.63, 3.8) is 0 Å². The number of benzene rings is 2. The van der Waals surface area contributed by atoms with Gasteiger partial charge in [0.25, 0.3) is 0 Å². The van der Waals surface area contributed by atoms with E-state index in [0.717, 1.165) is 5.56 Å². The van der Waals surface area contributed by atoms with E-state index in [2.05, 4.69) is 5.32 Å². The van der Waals surface area contributed by atoms with Crippen LogP contribution in [-0.2, 0) is 6.54 Å². The molecular formula is C13H13NO2. The topological polar surface area (TPSA) is 52.5 Å². The maximum atomic E-state index is 9.56. The van der Waals surface area contributed by atoms with Crippen LogP contribution in [-0.4, -0.2) is 10.2 Å². The lowest BCUT2D eigenvalue weighted by molar-refractivity contribution is 0.405. The summed E-state index contributed by atoms with van der Waals surface area (Å²) < 4.78 is 0. The van der Waals surface area contributed by atoms with E-state index in [1.54, 1.807) is 12.1 Å². The summed E-state index contributed by atoms with van der Waals surface area (Å²) in [5, 5.41) is 21.9. The first-order valence-electron chi connectivity index (χ1n) is 5.06. The van der Waals surface area contributed by atoms with Crippen molar-refractivity contribution in [2.45, 2.75) is 6.54 Å². The Balaban J connectivity index is 2.08. The van der Waals surface area contributed by atoms with Gasteiger partial charge in [0.15, 0.2) is 11.5 Å². The van der Waals surface area contributed by atoms with Crippen molar-refractivity contribution in [1.82, 2.24) is 0 Å². The summed E-state index contributed by atoms with van der Waals surface area (Å²) in [4.78, 5) is 0. The van der Waals surface area contributed by atoms with Gasteiger partial charge in [-0.3, -0.25) is 0 Å². The predicted molar refractivity (Wildman–Crippen MR) is 63.5 cm³/mol. The normalized spacial score (nSPS) is 10.0. The van der Waals surface area contributed by atoms with E-state index in [9.17, 15) is 10.2 Å². The molecule has 0 saturated heterocycles. The minimum atomic E-state index is -0.113. The molecule has 0 atom stereocenters. The summed E-state index contributed by atoms with van der Waals surface area (Å²) in [5.74, 6) is -0.225. The highest BCUT2D eigenvalue weighted by molar-refractivity contribution is 5.61. The van der Waals surface area contributed by atoms with E-state index in [1.165, 1.54) is 6.07 Å². The summed E-state index contributed by atoms with van der Waals surface area (Å²) in [6.07, 6.45) is 0. The number of hydrogen-bond acceptors (Lipinski definition) is 3. The van der Waals surface area contributed by atoms with Gasteiger partial charge in [0.05, 0.1) is 5.69 Å². The first kappa shape index (κ1) is 10.4. The molecule has 0 aliphatic heterocycles. The lowest BCUT2D eigenvalue weighted by Gasteiger charge is -2.09. The molecule has 0 spiro atoms. The van der Waals surface area contributed by atoms with E-state index in [0.29, 0.717) is 12.2 Å². The molecule has 0 saturated carbocycles. The van der Waals surface area contributed by atoms with Gasteiger partial charge in [-0.05, 0) is 17.7 Å². The zero-order chi connectivity index (χ0) is 11.4. The monoisotopic (exact) mass is 215 g/mol. The van der Waals surface area contributed by atoms with Crippen molar-refractivity contribution < 1.29 is 10.2 Å². The number of hydrogen-bond donors (Lipinski definition) is 3. The largest absolute Gasteiger partial charge is 0.504 e. The molecule has 0 fully saturated rings. The fraction of sp³-hybridized carbons (Fsp3) is 0.0769. The smallest absolute Gasteiger partial charge is 0.181 e. The number of phenolic OH excluding ortho intramolecular Hbond substituents is 2. The van der Waals surface area contributed by atoms with Crippen LogP contribution in [0.5, 0.6) is 11.5 Å². The molecule has 2 rings (SSSR count). The Bertz CT molecular complexity index is 469. The van der Waals surface area contributed by atoms with Crippen LogP contribution < -0.4 is 5.32 Å². The standard InChI is InChI=1S/C13H13NO2/c15-12-8-4-7-11(13(12)16)14-9-10-5-2-1-3-6-10/h1-8,14-16H,9H2. The number of para-hydroxylation sites is 1. The number of phenols is 2. The maximum absolute atomic E-state index is 9.56. The zero-order valence-electron chi connectivity index (χ0n) is 8.72. The molecule has 2 aromatic carbocycles. The summed E-state index contributed by atoms with van der Waals surface area (Å²) in [7, 11) is 0. The van der Waals surface area contributed by atoms with Gasteiger partial charge >= 0.3 is 0 Å². The Hall–Kier alpha value is -2.16. The second-order valence-corrected chi connectivity index (χ2v) is 3.51. The van der Waals surface area contributed by atoms with Crippen LogP contribution >= 0.6 is 0 Å². The molecule has 3 heteroatoms. The van der Waals surface area contributed by atoms with Gasteiger partial charge in [-0.2, -0.15) is 0 Å². The fourth-order valence-corrected chi connectivity index (χ4v) is 1.47. The van der Waals surface area contributed by atoms with Crippen LogP contribution in [0.15, 0.2) is 48.5 Å². The van der Waals surface area contributed by atoms with Gasteiger partial charge in [0.1, 0.15) is 0 Å². The molecule has 3 nitrogen and oxygen atoms in total. The minimum absolute atomic E-state index is 0.113. The summed E-state index contributed by atoms with van der Waals surface area (Å²) in [5.41, 5.74) is 1.65. The Labute approximate surface area is 94.0 Å². The van der Waals surface area contributed by atoms with Crippen LogP contribution in [0, 0.1) is 0 Å². The molecule has 3 N–H and O–H groups in total. The Kier molecular flexibility index (Phi) is 2.96. The molecule has 82 valence electrons. The highest BCUT2D eigenvalue weighted by Gasteiger charge is 2.04. The van der Waals surface area contributed by atoms with E-state index in [4.69, 9.17) is 0 Å². The van der Waals surface area contributed by atoms with Gasteiger partial charge in [-0.15, -0.1) is 0 Å². The molecule has 16 heavy (non-hydrogen) atoms. The zero-order valence-corrected chi connectivity index (χ0v) is 8.72. The second-order valence-electron chi connectivity index (χ2n) is 3.51. The van der Waals surface area contributed by atoms with E-state index in [-0.39, 0.29) is 11.5 Å². The second kappa shape index (κ2) is 4.57. The Morgan fingerprint density at radius 2 is 1.62 bits per heavy atom. The van der Waals surface area contributed by atoms with Crippen LogP contribution in [0.4, 0.5) is 5.69 Å².